The van der Waals surface area contributed by atoms with Crippen LogP contribution in [0.3, 0.4) is 0 Å². The highest BCUT2D eigenvalue weighted by Gasteiger charge is 2.40. The van der Waals surface area contributed by atoms with Gasteiger partial charge in [-0.1, -0.05) is 23.7 Å². The average molecular weight is 323 g/mol. The van der Waals surface area contributed by atoms with Crippen LogP contribution in [0, 0.1) is 0 Å². The van der Waals surface area contributed by atoms with E-state index in [1.165, 1.54) is 5.56 Å². The fourth-order valence-corrected chi connectivity index (χ4v) is 3.76. The third kappa shape index (κ3) is 3.29. The maximum atomic E-state index is 12.4. The van der Waals surface area contributed by atoms with Crippen LogP contribution >= 0.6 is 11.6 Å². The highest BCUT2D eigenvalue weighted by molar-refractivity contribution is 6.30. The third-order valence-electron chi connectivity index (χ3n) is 4.66. The van der Waals surface area contributed by atoms with Gasteiger partial charge in [-0.3, -0.25) is 9.80 Å². The molecule has 5 heteroatoms. The minimum Gasteiger partial charge on any atom is -0.383 e. The van der Waals surface area contributed by atoms with Crippen molar-refractivity contribution in [1.29, 1.82) is 0 Å². The number of methoxy groups -OCH3 is 1. The van der Waals surface area contributed by atoms with Crippen LogP contribution < -0.4 is 0 Å². The molecule has 1 aromatic rings. The largest absolute Gasteiger partial charge is 0.383 e. The zero-order chi connectivity index (χ0) is 15.5. The normalized spacial score (nSPS) is 26.1. The van der Waals surface area contributed by atoms with Gasteiger partial charge in [-0.25, -0.2) is 5.01 Å². The van der Waals surface area contributed by atoms with E-state index in [1.807, 2.05) is 17.1 Å². The van der Waals surface area contributed by atoms with Gasteiger partial charge in [0.2, 0.25) is 5.91 Å². The Kier molecular flexibility index (Phi) is 5.01. The van der Waals surface area contributed by atoms with Crippen molar-refractivity contribution in [3.05, 3.63) is 34.9 Å². The van der Waals surface area contributed by atoms with Gasteiger partial charge in [-0.15, -0.1) is 0 Å². The number of nitrogens with zero attached hydrogens (tertiary/aromatic N) is 2. The van der Waals surface area contributed by atoms with E-state index < -0.39 is 0 Å². The maximum Gasteiger partial charge on any atom is 0.237 e. The summed E-state index contributed by atoms with van der Waals surface area (Å²) in [5.74, 6) is 0.252. The molecular weight excluding hydrogens is 300 g/mol. The molecule has 2 aliphatic rings. The second kappa shape index (κ2) is 6.99. The summed E-state index contributed by atoms with van der Waals surface area (Å²) in [6.07, 6.45) is 4.70. The molecule has 0 radical (unpaired) electrons. The number of amides is 1. The molecule has 2 fully saturated rings. The predicted molar refractivity (Wildman–Crippen MR) is 86.6 cm³/mol. The lowest BCUT2D eigenvalue weighted by Crippen LogP contribution is -2.51. The summed E-state index contributed by atoms with van der Waals surface area (Å²) >= 11 is 5.95. The molecule has 0 spiro atoms. The molecule has 2 atom stereocenters. The van der Waals surface area contributed by atoms with Gasteiger partial charge in [0.15, 0.2) is 0 Å². The van der Waals surface area contributed by atoms with Crippen molar-refractivity contribution in [2.45, 2.75) is 44.2 Å². The van der Waals surface area contributed by atoms with Crippen LogP contribution in [0.4, 0.5) is 0 Å². The molecule has 1 amide bonds. The number of carbonyl (C=O) groups is 1. The number of benzene rings is 1. The van der Waals surface area contributed by atoms with Crippen LogP contribution in [0.15, 0.2) is 24.3 Å². The topological polar surface area (TPSA) is 32.8 Å². The predicted octanol–water partition coefficient (Wildman–Crippen LogP) is 2.90. The molecular formula is C17H23ClN2O2. The fourth-order valence-electron chi connectivity index (χ4n) is 3.63. The molecule has 0 saturated carbocycles. The third-order valence-corrected chi connectivity index (χ3v) is 4.91. The SMILES string of the molecule is COC[C@@H]1CCCN1N1C(=O)CC[C@H]1Cc1ccc(Cl)cc1. The Morgan fingerprint density at radius 3 is 2.73 bits per heavy atom. The summed E-state index contributed by atoms with van der Waals surface area (Å²) in [5, 5.41) is 5.02. The Labute approximate surface area is 137 Å². The van der Waals surface area contributed by atoms with Crippen molar-refractivity contribution >= 4 is 17.5 Å². The summed E-state index contributed by atoms with van der Waals surface area (Å²) in [5.41, 5.74) is 1.23. The number of carbonyl (C=O) groups excluding carboxylic acids is 1. The zero-order valence-corrected chi connectivity index (χ0v) is 13.8. The number of halogens is 1. The summed E-state index contributed by atoms with van der Waals surface area (Å²) in [6, 6.07) is 8.54. The van der Waals surface area contributed by atoms with Gasteiger partial charge in [-0.2, -0.15) is 0 Å². The lowest BCUT2D eigenvalue weighted by molar-refractivity contribution is -0.151. The number of hydrogen-bond donors (Lipinski definition) is 0. The van der Waals surface area contributed by atoms with Crippen molar-refractivity contribution in [3.63, 3.8) is 0 Å². The highest BCUT2D eigenvalue weighted by Crippen LogP contribution is 2.30. The number of hydrazine groups is 1. The lowest BCUT2D eigenvalue weighted by atomic mass is 10.0. The van der Waals surface area contributed by atoms with E-state index in [0.29, 0.717) is 19.1 Å². The zero-order valence-electron chi connectivity index (χ0n) is 13.0. The van der Waals surface area contributed by atoms with E-state index in [4.69, 9.17) is 16.3 Å². The maximum absolute atomic E-state index is 12.4. The Bertz CT molecular complexity index is 520. The first-order chi connectivity index (χ1) is 10.7. The first-order valence-electron chi connectivity index (χ1n) is 8.01. The number of hydrogen-bond acceptors (Lipinski definition) is 3. The van der Waals surface area contributed by atoms with Gasteiger partial charge >= 0.3 is 0 Å². The first-order valence-corrected chi connectivity index (χ1v) is 8.39. The second-order valence-corrected chi connectivity index (χ2v) is 6.61. The Morgan fingerprint density at radius 1 is 1.23 bits per heavy atom. The first kappa shape index (κ1) is 15.8. The minimum atomic E-state index is 0.252. The molecule has 0 bridgehead atoms. The minimum absolute atomic E-state index is 0.252. The molecule has 22 heavy (non-hydrogen) atoms. The molecule has 4 nitrogen and oxygen atoms in total. The van der Waals surface area contributed by atoms with Crippen molar-refractivity contribution in [3.8, 4) is 0 Å². The number of rotatable bonds is 5. The summed E-state index contributed by atoms with van der Waals surface area (Å²) < 4.78 is 5.32. The summed E-state index contributed by atoms with van der Waals surface area (Å²) in [7, 11) is 1.73. The van der Waals surface area contributed by atoms with Crippen LogP contribution in [0.2, 0.25) is 5.02 Å². The van der Waals surface area contributed by atoms with Gasteiger partial charge < -0.3 is 4.74 Å². The van der Waals surface area contributed by atoms with Crippen molar-refractivity contribution in [2.24, 2.45) is 0 Å². The van der Waals surface area contributed by atoms with Crippen molar-refractivity contribution in [2.75, 3.05) is 20.3 Å². The van der Waals surface area contributed by atoms with E-state index in [0.717, 1.165) is 37.3 Å². The van der Waals surface area contributed by atoms with Gasteiger partial charge in [-0.05, 0) is 43.4 Å². The molecule has 2 aliphatic heterocycles. The molecule has 2 heterocycles. The van der Waals surface area contributed by atoms with Crippen LogP contribution in [0.1, 0.15) is 31.2 Å². The number of ether oxygens (including phenoxy) is 1. The smallest absolute Gasteiger partial charge is 0.237 e. The molecule has 0 N–H and O–H groups in total. The van der Waals surface area contributed by atoms with Gasteiger partial charge in [0.1, 0.15) is 0 Å². The van der Waals surface area contributed by atoms with Crippen LogP contribution in [-0.4, -0.2) is 48.3 Å². The van der Waals surface area contributed by atoms with Crippen LogP contribution in [-0.2, 0) is 16.0 Å². The van der Waals surface area contributed by atoms with Crippen molar-refractivity contribution < 1.29 is 9.53 Å². The van der Waals surface area contributed by atoms with Crippen LogP contribution in [0.25, 0.3) is 0 Å². The van der Waals surface area contributed by atoms with Crippen molar-refractivity contribution in [1.82, 2.24) is 10.0 Å². The van der Waals surface area contributed by atoms with Gasteiger partial charge in [0.25, 0.3) is 0 Å². The highest BCUT2D eigenvalue weighted by atomic mass is 35.5. The monoisotopic (exact) mass is 322 g/mol. The summed E-state index contributed by atoms with van der Waals surface area (Å²) in [6.45, 7) is 1.65. The molecule has 1 aromatic carbocycles. The van der Waals surface area contributed by atoms with E-state index >= 15 is 0 Å². The molecule has 3 rings (SSSR count). The molecule has 0 aliphatic carbocycles. The van der Waals surface area contributed by atoms with E-state index in [2.05, 4.69) is 17.1 Å². The Hall–Kier alpha value is -1.10. The van der Waals surface area contributed by atoms with E-state index in [1.54, 1.807) is 7.11 Å². The van der Waals surface area contributed by atoms with Gasteiger partial charge in [0.05, 0.1) is 18.7 Å². The van der Waals surface area contributed by atoms with E-state index in [9.17, 15) is 4.79 Å². The molecule has 120 valence electrons. The standard InChI is InChI=1S/C17H23ClN2O2/c1-22-12-16-3-2-10-19(16)20-15(8-9-17(20)21)11-13-4-6-14(18)7-5-13/h4-7,15-16H,2-3,8-12H2,1H3/t15-,16-/m0/s1. The second-order valence-electron chi connectivity index (χ2n) is 6.18. The quantitative estimate of drug-likeness (QED) is 0.835. The van der Waals surface area contributed by atoms with E-state index in [-0.39, 0.29) is 11.9 Å². The van der Waals surface area contributed by atoms with Gasteiger partial charge in [0, 0.05) is 25.1 Å². The molecule has 0 aromatic heterocycles. The average Bonchev–Trinajstić information content (AvgIpc) is 3.09. The Balaban J connectivity index is 1.73. The Morgan fingerprint density at radius 2 is 2.00 bits per heavy atom. The molecule has 2 saturated heterocycles. The van der Waals surface area contributed by atoms with Crippen LogP contribution in [0.5, 0.6) is 0 Å². The fraction of sp³-hybridized carbons (Fsp3) is 0.588. The molecule has 0 unspecified atom stereocenters. The summed E-state index contributed by atoms with van der Waals surface area (Å²) in [4.78, 5) is 12.4. The lowest BCUT2D eigenvalue weighted by Gasteiger charge is -2.37.